The maximum absolute atomic E-state index is 13.2. The van der Waals surface area contributed by atoms with E-state index in [0.29, 0.717) is 21.9 Å². The molecule has 1 atom stereocenters. The van der Waals surface area contributed by atoms with Crippen LogP contribution in [0.25, 0.3) is 0 Å². The molecule has 216 valence electrons. The molecule has 0 radical (unpaired) electrons. The second kappa shape index (κ2) is 13.5. The smallest absolute Gasteiger partial charge is 0.390 e. The predicted molar refractivity (Wildman–Crippen MR) is 142 cm³/mol. The van der Waals surface area contributed by atoms with Crippen LogP contribution in [0, 0.1) is 0 Å². The van der Waals surface area contributed by atoms with Gasteiger partial charge in [0.15, 0.2) is 11.5 Å². The van der Waals surface area contributed by atoms with E-state index < -0.39 is 48.8 Å². The maximum Gasteiger partial charge on any atom is 0.390 e. The van der Waals surface area contributed by atoms with Crippen LogP contribution in [0.4, 0.5) is 13.2 Å². The van der Waals surface area contributed by atoms with E-state index in [1.165, 1.54) is 35.9 Å². The summed E-state index contributed by atoms with van der Waals surface area (Å²) in [5, 5.41) is 9.94. The van der Waals surface area contributed by atoms with Gasteiger partial charge in [-0.3, -0.25) is 19.1 Å². The van der Waals surface area contributed by atoms with Crippen molar-refractivity contribution in [3.05, 3.63) is 91.7 Å². The standard InChI is InChI=1S/C27H29ClF3N3O6/c1-32-11-9-24(35)34(26(32)38)13-14-40-22-8-3-18(15-23(22)39-2)17-33(12-10-27(29,30)31)21(16-25(36)37)19-4-6-20(28)7-5-19/h3-9,11,15,21H,10,12-14,16-17H2,1-2H3,(H,36,37). The number of aryl methyl sites for hydroxylation is 1. The fourth-order valence-electron chi connectivity index (χ4n) is 4.15. The first kappa shape index (κ1) is 30.8. The Bertz CT molecular complexity index is 1420. The number of rotatable bonds is 13. The predicted octanol–water partition coefficient (Wildman–Crippen LogP) is 4.26. The van der Waals surface area contributed by atoms with Crippen LogP contribution < -0.4 is 20.7 Å². The average molecular weight is 584 g/mol. The number of methoxy groups -OCH3 is 1. The molecule has 3 aromatic rings. The highest BCUT2D eigenvalue weighted by molar-refractivity contribution is 6.30. The van der Waals surface area contributed by atoms with Gasteiger partial charge in [-0.2, -0.15) is 13.2 Å². The molecule has 0 spiro atoms. The van der Waals surface area contributed by atoms with Crippen molar-refractivity contribution in [3.8, 4) is 11.5 Å². The third kappa shape index (κ3) is 8.62. The second-order valence-electron chi connectivity index (χ2n) is 9.03. The molecule has 1 unspecified atom stereocenters. The highest BCUT2D eigenvalue weighted by Gasteiger charge is 2.31. The van der Waals surface area contributed by atoms with Gasteiger partial charge >= 0.3 is 17.8 Å². The summed E-state index contributed by atoms with van der Waals surface area (Å²) in [5.74, 6) is -0.581. The van der Waals surface area contributed by atoms with E-state index in [-0.39, 0.29) is 25.4 Å². The van der Waals surface area contributed by atoms with Crippen LogP contribution in [-0.4, -0.2) is 51.5 Å². The lowest BCUT2D eigenvalue weighted by Gasteiger charge is -2.32. The summed E-state index contributed by atoms with van der Waals surface area (Å²) in [6.07, 6.45) is -4.62. The van der Waals surface area contributed by atoms with Gasteiger partial charge in [-0.1, -0.05) is 29.8 Å². The van der Waals surface area contributed by atoms with E-state index in [1.54, 1.807) is 42.5 Å². The molecule has 0 aliphatic carbocycles. The van der Waals surface area contributed by atoms with Gasteiger partial charge in [-0.15, -0.1) is 0 Å². The van der Waals surface area contributed by atoms with E-state index in [0.717, 1.165) is 4.57 Å². The summed E-state index contributed by atoms with van der Waals surface area (Å²) in [6, 6.07) is 11.5. The number of carbonyl (C=O) groups is 1. The first-order chi connectivity index (χ1) is 18.9. The molecule has 0 fully saturated rings. The fraction of sp³-hybridized carbons (Fsp3) is 0.370. The number of ether oxygens (including phenoxy) is 2. The van der Waals surface area contributed by atoms with Crippen molar-refractivity contribution >= 4 is 17.6 Å². The molecule has 0 amide bonds. The number of alkyl halides is 3. The summed E-state index contributed by atoms with van der Waals surface area (Å²) in [5.41, 5.74) is 0.116. The molecule has 0 saturated heterocycles. The number of aromatic nitrogens is 2. The normalized spacial score (nSPS) is 12.4. The average Bonchev–Trinajstić information content (AvgIpc) is 2.90. The van der Waals surface area contributed by atoms with E-state index >= 15 is 0 Å². The van der Waals surface area contributed by atoms with Crippen LogP contribution in [0.2, 0.25) is 5.02 Å². The number of halogens is 4. The molecule has 13 heteroatoms. The molecule has 0 saturated carbocycles. The minimum Gasteiger partial charge on any atom is -0.493 e. The van der Waals surface area contributed by atoms with Gasteiger partial charge in [0.2, 0.25) is 0 Å². The van der Waals surface area contributed by atoms with Crippen LogP contribution in [0.15, 0.2) is 64.3 Å². The van der Waals surface area contributed by atoms with Crippen LogP contribution in [0.3, 0.4) is 0 Å². The minimum atomic E-state index is -4.44. The van der Waals surface area contributed by atoms with E-state index in [9.17, 15) is 32.7 Å². The molecule has 40 heavy (non-hydrogen) atoms. The number of hydrogen-bond donors (Lipinski definition) is 1. The zero-order chi connectivity index (χ0) is 29.4. The van der Waals surface area contributed by atoms with Crippen molar-refractivity contribution in [2.75, 3.05) is 20.3 Å². The van der Waals surface area contributed by atoms with Crippen molar-refractivity contribution in [1.29, 1.82) is 0 Å². The molecule has 9 nitrogen and oxygen atoms in total. The maximum atomic E-state index is 13.2. The number of benzene rings is 2. The Morgan fingerprint density at radius 1 is 1.10 bits per heavy atom. The summed E-state index contributed by atoms with van der Waals surface area (Å²) in [4.78, 5) is 37.3. The Labute approximate surface area is 232 Å². The molecule has 0 aliphatic rings. The molecule has 2 aromatic carbocycles. The summed E-state index contributed by atoms with van der Waals surface area (Å²) in [6.45, 7) is -0.488. The Morgan fingerprint density at radius 2 is 1.80 bits per heavy atom. The number of nitrogens with zero attached hydrogens (tertiary/aromatic N) is 3. The van der Waals surface area contributed by atoms with Crippen molar-refractivity contribution in [1.82, 2.24) is 14.0 Å². The molecule has 3 rings (SSSR count). The summed E-state index contributed by atoms with van der Waals surface area (Å²) < 4.78 is 53.0. The number of carboxylic acids is 1. The van der Waals surface area contributed by atoms with Crippen LogP contribution >= 0.6 is 11.6 Å². The van der Waals surface area contributed by atoms with Crippen LogP contribution in [-0.2, 0) is 24.9 Å². The summed E-state index contributed by atoms with van der Waals surface area (Å²) >= 11 is 5.96. The van der Waals surface area contributed by atoms with Crippen molar-refractivity contribution < 1.29 is 32.5 Å². The molecule has 0 bridgehead atoms. The Morgan fingerprint density at radius 3 is 2.42 bits per heavy atom. The number of carboxylic acid groups (broad SMARTS) is 1. The van der Waals surface area contributed by atoms with Gasteiger partial charge in [0, 0.05) is 43.5 Å². The topological polar surface area (TPSA) is 103 Å². The molecule has 1 N–H and O–H groups in total. The highest BCUT2D eigenvalue weighted by Crippen LogP contribution is 2.33. The van der Waals surface area contributed by atoms with Crippen LogP contribution in [0.5, 0.6) is 11.5 Å². The number of hydrogen-bond acceptors (Lipinski definition) is 6. The zero-order valence-electron chi connectivity index (χ0n) is 21.9. The lowest BCUT2D eigenvalue weighted by atomic mass is 10.0. The SMILES string of the molecule is COc1cc(CN(CCC(F)(F)F)C(CC(=O)O)c2ccc(Cl)cc2)ccc1OCCn1c(=O)ccn(C)c1=O. The van der Waals surface area contributed by atoms with Gasteiger partial charge in [-0.25, -0.2) is 4.79 Å². The molecule has 1 aromatic heterocycles. The van der Waals surface area contributed by atoms with Gasteiger partial charge in [0.05, 0.1) is 26.5 Å². The van der Waals surface area contributed by atoms with E-state index in [1.807, 2.05) is 0 Å². The molecule has 0 aliphatic heterocycles. The van der Waals surface area contributed by atoms with Gasteiger partial charge in [-0.05, 0) is 35.4 Å². The third-order valence-electron chi connectivity index (χ3n) is 6.17. The Hall–Kier alpha value is -3.77. The Kier molecular flexibility index (Phi) is 10.4. The van der Waals surface area contributed by atoms with Crippen LogP contribution in [0.1, 0.15) is 30.0 Å². The van der Waals surface area contributed by atoms with E-state index in [2.05, 4.69) is 0 Å². The molecular weight excluding hydrogens is 555 g/mol. The number of aliphatic carboxylic acids is 1. The monoisotopic (exact) mass is 583 g/mol. The van der Waals surface area contributed by atoms with Gasteiger partial charge in [0.25, 0.3) is 5.56 Å². The van der Waals surface area contributed by atoms with Gasteiger partial charge in [0.1, 0.15) is 6.61 Å². The third-order valence-corrected chi connectivity index (χ3v) is 6.42. The quantitative estimate of drug-likeness (QED) is 0.321. The first-order valence-corrected chi connectivity index (χ1v) is 12.6. The Balaban J connectivity index is 1.83. The van der Waals surface area contributed by atoms with Crippen molar-refractivity contribution in [2.45, 2.75) is 38.1 Å². The first-order valence-electron chi connectivity index (χ1n) is 12.2. The van der Waals surface area contributed by atoms with Crippen molar-refractivity contribution in [3.63, 3.8) is 0 Å². The second-order valence-corrected chi connectivity index (χ2v) is 9.47. The van der Waals surface area contributed by atoms with E-state index in [4.69, 9.17) is 21.1 Å². The fourth-order valence-corrected chi connectivity index (χ4v) is 4.28. The van der Waals surface area contributed by atoms with Gasteiger partial charge < -0.3 is 19.1 Å². The summed E-state index contributed by atoms with van der Waals surface area (Å²) in [7, 11) is 2.92. The lowest BCUT2D eigenvalue weighted by Crippen LogP contribution is -2.39. The largest absolute Gasteiger partial charge is 0.493 e. The molecular formula is C27H29ClF3N3O6. The highest BCUT2D eigenvalue weighted by atomic mass is 35.5. The minimum absolute atomic E-state index is 0.0112. The lowest BCUT2D eigenvalue weighted by molar-refractivity contribution is -0.142. The van der Waals surface area contributed by atoms with Crippen molar-refractivity contribution in [2.24, 2.45) is 7.05 Å². The molecule has 1 heterocycles. The zero-order valence-corrected chi connectivity index (χ0v) is 22.6.